The Morgan fingerprint density at radius 2 is 2.18 bits per heavy atom. The number of thioether (sulfide) groups is 1. The van der Waals surface area contributed by atoms with Crippen molar-refractivity contribution in [2.24, 2.45) is 0 Å². The van der Waals surface area contributed by atoms with Crippen molar-refractivity contribution in [3.05, 3.63) is 40.1 Å². The van der Waals surface area contributed by atoms with Gasteiger partial charge in [-0.25, -0.2) is 13.6 Å². The molecular weight excluding hydrogens is 363 g/mol. The van der Waals surface area contributed by atoms with Crippen LogP contribution in [0.15, 0.2) is 28.5 Å². The summed E-state index contributed by atoms with van der Waals surface area (Å²) in [5.74, 6) is 0.183. The number of hydrogen-bond donors (Lipinski definition) is 1. The van der Waals surface area contributed by atoms with Crippen LogP contribution >= 0.6 is 34.7 Å². The second-order valence-electron chi connectivity index (χ2n) is 5.49. The lowest BCUT2D eigenvalue weighted by molar-refractivity contribution is 0.596. The first-order valence-corrected chi connectivity index (χ1v) is 9.86. The van der Waals surface area contributed by atoms with Gasteiger partial charge in [-0.1, -0.05) is 32.4 Å². The van der Waals surface area contributed by atoms with E-state index in [0.717, 1.165) is 17.5 Å². The average molecular weight is 379 g/mol. The largest absolute Gasteiger partial charge is 0.276 e. The third kappa shape index (κ3) is 5.22. The summed E-state index contributed by atoms with van der Waals surface area (Å²) in [6.45, 7) is 6.42. The lowest BCUT2D eigenvalue weighted by Crippen LogP contribution is -2.08. The monoisotopic (exact) mass is 378 g/mol. The number of aromatic nitrogens is 1. The zero-order chi connectivity index (χ0) is 16.3. The van der Waals surface area contributed by atoms with E-state index in [0.29, 0.717) is 5.13 Å². The molecule has 0 fully saturated rings. The number of thiazole rings is 1. The molecule has 2 aromatic rings. The van der Waals surface area contributed by atoms with Crippen LogP contribution in [-0.2, 0) is 16.7 Å². The maximum atomic E-state index is 13.7. The van der Waals surface area contributed by atoms with Gasteiger partial charge < -0.3 is 0 Å². The summed E-state index contributed by atoms with van der Waals surface area (Å²) in [5, 5.41) is 2.70. The molecule has 1 atom stereocenters. The predicted octanol–water partition coefficient (Wildman–Crippen LogP) is 5.10. The maximum Gasteiger partial charge on any atom is 0.195 e. The number of halogens is 2. The summed E-state index contributed by atoms with van der Waals surface area (Å²) in [6.07, 6.45) is 0. The van der Waals surface area contributed by atoms with Gasteiger partial charge in [0.05, 0.1) is 10.6 Å². The fourth-order valence-electron chi connectivity index (χ4n) is 1.47. The lowest BCUT2D eigenvalue weighted by atomic mass is 10.3. The van der Waals surface area contributed by atoms with E-state index < -0.39 is 16.8 Å². The Kier molecular flexibility index (Phi) is 5.87. The molecule has 0 saturated carbocycles. The Labute approximate surface area is 145 Å². The molecule has 0 bridgehead atoms. The Bertz CT molecular complexity index is 685. The maximum absolute atomic E-state index is 13.7. The van der Waals surface area contributed by atoms with Gasteiger partial charge in [-0.2, -0.15) is 0 Å². The summed E-state index contributed by atoms with van der Waals surface area (Å²) in [7, 11) is -1.70. The van der Waals surface area contributed by atoms with E-state index >= 15 is 0 Å². The zero-order valence-electron chi connectivity index (χ0n) is 12.4. The van der Waals surface area contributed by atoms with Crippen molar-refractivity contribution in [1.29, 1.82) is 0 Å². The Hall–Kier alpha value is -0.630. The molecule has 1 aromatic carbocycles. The molecule has 1 N–H and O–H groups in total. The summed E-state index contributed by atoms with van der Waals surface area (Å²) in [6, 6.07) is 4.06. The van der Waals surface area contributed by atoms with Crippen molar-refractivity contribution in [2.75, 3.05) is 4.72 Å². The van der Waals surface area contributed by atoms with Crippen molar-refractivity contribution in [3.8, 4) is 0 Å². The molecule has 120 valence electrons. The van der Waals surface area contributed by atoms with Crippen LogP contribution in [-0.4, -0.2) is 13.9 Å². The van der Waals surface area contributed by atoms with Crippen molar-refractivity contribution < 1.29 is 8.60 Å². The fourth-order valence-corrected chi connectivity index (χ4v) is 4.18. The van der Waals surface area contributed by atoms with Gasteiger partial charge in [-0.15, -0.1) is 23.1 Å². The normalized spacial score (nSPS) is 13.1. The number of rotatable bonds is 5. The van der Waals surface area contributed by atoms with Crippen molar-refractivity contribution >= 4 is 50.8 Å². The summed E-state index contributed by atoms with van der Waals surface area (Å²) >= 11 is 8.82. The van der Waals surface area contributed by atoms with Gasteiger partial charge in [0.15, 0.2) is 16.1 Å². The van der Waals surface area contributed by atoms with Gasteiger partial charge in [0.25, 0.3) is 0 Å². The number of benzene rings is 1. The molecule has 0 aliphatic carbocycles. The van der Waals surface area contributed by atoms with Gasteiger partial charge in [-0.3, -0.25) is 4.72 Å². The van der Waals surface area contributed by atoms with Crippen LogP contribution in [0.2, 0.25) is 5.02 Å². The van der Waals surface area contributed by atoms with Crippen LogP contribution in [0.1, 0.15) is 26.5 Å². The molecule has 1 aromatic heterocycles. The van der Waals surface area contributed by atoms with Crippen LogP contribution in [0, 0.1) is 5.82 Å². The van der Waals surface area contributed by atoms with Crippen LogP contribution < -0.4 is 4.72 Å². The molecule has 0 radical (unpaired) electrons. The highest BCUT2D eigenvalue weighted by Crippen LogP contribution is 2.29. The van der Waals surface area contributed by atoms with Gasteiger partial charge in [0, 0.05) is 20.9 Å². The highest BCUT2D eigenvalue weighted by Gasteiger charge is 2.14. The minimum Gasteiger partial charge on any atom is -0.276 e. The van der Waals surface area contributed by atoms with Crippen molar-refractivity contribution in [3.63, 3.8) is 0 Å². The van der Waals surface area contributed by atoms with E-state index in [1.807, 2.05) is 5.38 Å². The van der Waals surface area contributed by atoms with Crippen molar-refractivity contribution in [2.45, 2.75) is 36.2 Å². The zero-order valence-corrected chi connectivity index (χ0v) is 15.6. The van der Waals surface area contributed by atoms with Gasteiger partial charge in [0.2, 0.25) is 0 Å². The van der Waals surface area contributed by atoms with Gasteiger partial charge in [-0.05, 0) is 18.2 Å². The quantitative estimate of drug-likeness (QED) is 0.786. The minimum absolute atomic E-state index is 0.0604. The SMILES string of the molecule is CC(C)(C)SCc1csc(NS(=O)c2ccc(Cl)cc2F)n1. The standard InChI is InChI=1S/C14H16ClFN2OS3/c1-14(2,3)21-8-10-7-20-13(17-10)18-22(19)12-5-4-9(15)6-11(12)16/h4-7H,8H2,1-3H3,(H,17,18). The summed E-state index contributed by atoms with van der Waals surface area (Å²) in [4.78, 5) is 4.43. The Morgan fingerprint density at radius 3 is 2.82 bits per heavy atom. The molecule has 0 saturated heterocycles. The molecule has 22 heavy (non-hydrogen) atoms. The number of hydrogen-bond acceptors (Lipinski definition) is 4. The van der Waals surface area contributed by atoms with E-state index in [9.17, 15) is 8.60 Å². The minimum atomic E-state index is -1.70. The smallest absolute Gasteiger partial charge is 0.195 e. The number of nitrogens with zero attached hydrogens (tertiary/aromatic N) is 1. The molecule has 0 amide bonds. The lowest BCUT2D eigenvalue weighted by Gasteiger charge is -2.16. The van der Waals surface area contributed by atoms with Gasteiger partial charge in [0.1, 0.15) is 5.82 Å². The third-order valence-corrected chi connectivity index (χ3v) is 6.06. The van der Waals surface area contributed by atoms with Crippen molar-refractivity contribution in [1.82, 2.24) is 4.98 Å². The van der Waals surface area contributed by atoms with Crippen LogP contribution in [0.25, 0.3) is 0 Å². The predicted molar refractivity (Wildman–Crippen MR) is 94.6 cm³/mol. The summed E-state index contributed by atoms with van der Waals surface area (Å²) in [5.41, 5.74) is 0.918. The fraction of sp³-hybridized carbons (Fsp3) is 0.357. The highest BCUT2D eigenvalue weighted by atomic mass is 35.5. The molecular formula is C14H16ClFN2OS3. The molecule has 0 aliphatic heterocycles. The third-order valence-electron chi connectivity index (χ3n) is 2.48. The Morgan fingerprint density at radius 1 is 1.45 bits per heavy atom. The first-order chi connectivity index (χ1) is 10.2. The first-order valence-electron chi connectivity index (χ1n) is 6.46. The molecule has 1 heterocycles. The van der Waals surface area contributed by atoms with Gasteiger partial charge >= 0.3 is 0 Å². The van der Waals surface area contributed by atoms with E-state index in [2.05, 4.69) is 30.5 Å². The van der Waals surface area contributed by atoms with Crippen LogP contribution in [0.5, 0.6) is 0 Å². The molecule has 2 rings (SSSR count). The highest BCUT2D eigenvalue weighted by molar-refractivity contribution is 7.99. The number of anilines is 1. The molecule has 3 nitrogen and oxygen atoms in total. The average Bonchev–Trinajstić information content (AvgIpc) is 2.83. The van der Waals surface area contributed by atoms with E-state index in [-0.39, 0.29) is 14.7 Å². The topological polar surface area (TPSA) is 42.0 Å². The molecule has 8 heteroatoms. The first kappa shape index (κ1) is 17.7. The van der Waals surface area contributed by atoms with E-state index in [1.165, 1.54) is 23.5 Å². The Balaban J connectivity index is 2.02. The second-order valence-corrected chi connectivity index (χ2v) is 9.77. The van der Waals surface area contributed by atoms with E-state index in [1.54, 1.807) is 11.8 Å². The number of nitrogens with one attached hydrogen (secondary N) is 1. The molecule has 0 aliphatic rings. The summed E-state index contributed by atoms with van der Waals surface area (Å²) < 4.78 is 28.8. The van der Waals surface area contributed by atoms with Crippen LogP contribution in [0.4, 0.5) is 9.52 Å². The molecule has 0 spiro atoms. The molecule has 1 unspecified atom stereocenters. The van der Waals surface area contributed by atoms with Crippen LogP contribution in [0.3, 0.4) is 0 Å². The van der Waals surface area contributed by atoms with E-state index in [4.69, 9.17) is 11.6 Å². The second kappa shape index (κ2) is 7.29.